The molecule has 0 aromatic carbocycles. The molecule has 0 N–H and O–H groups in total. The van der Waals surface area contributed by atoms with Crippen molar-refractivity contribution in [2.75, 3.05) is 0 Å². The average molecular weight is 619 g/mol. The molecule has 0 heterocycles. The van der Waals surface area contributed by atoms with E-state index in [2.05, 4.69) is 20.8 Å². The van der Waals surface area contributed by atoms with Crippen molar-refractivity contribution in [3.05, 3.63) is 0 Å². The van der Waals surface area contributed by atoms with Gasteiger partial charge in [-0.25, -0.2) is 0 Å². The summed E-state index contributed by atoms with van der Waals surface area (Å²) in [6.45, 7) is 7.13. The molecular formula is C44H90. The van der Waals surface area contributed by atoms with E-state index in [9.17, 15) is 0 Å². The summed E-state index contributed by atoms with van der Waals surface area (Å²) in [5.41, 5.74) is 0. The third kappa shape index (κ3) is 40.0. The first-order valence-corrected chi connectivity index (χ1v) is 21.8. The summed E-state index contributed by atoms with van der Waals surface area (Å²) in [6, 6.07) is 0. The highest BCUT2D eigenvalue weighted by Gasteiger charge is 2.03. The van der Waals surface area contributed by atoms with Gasteiger partial charge in [-0.05, 0) is 5.92 Å². The molecule has 0 rings (SSSR count). The number of unbranched alkanes of at least 4 members (excludes halogenated alkanes) is 36. The van der Waals surface area contributed by atoms with Crippen LogP contribution in [0.25, 0.3) is 0 Å². The van der Waals surface area contributed by atoms with Crippen LogP contribution in [0.4, 0.5) is 0 Å². The molecule has 0 bridgehead atoms. The van der Waals surface area contributed by atoms with Gasteiger partial charge in [0.05, 0.1) is 0 Å². The topological polar surface area (TPSA) is 0 Å². The van der Waals surface area contributed by atoms with E-state index in [1.54, 1.807) is 0 Å². The first-order chi connectivity index (χ1) is 21.8. The van der Waals surface area contributed by atoms with E-state index in [1.807, 2.05) is 0 Å². The highest BCUT2D eigenvalue weighted by molar-refractivity contribution is 4.57. The molecule has 44 heavy (non-hydrogen) atoms. The zero-order chi connectivity index (χ0) is 31.9. The van der Waals surface area contributed by atoms with Crippen LogP contribution in [0.1, 0.15) is 278 Å². The molecule has 0 aliphatic carbocycles. The van der Waals surface area contributed by atoms with Crippen LogP contribution in [0.2, 0.25) is 0 Å². The molecule has 0 radical (unpaired) electrons. The Labute approximate surface area is 282 Å². The van der Waals surface area contributed by atoms with Crippen LogP contribution in [0.15, 0.2) is 0 Å². The van der Waals surface area contributed by atoms with Gasteiger partial charge >= 0.3 is 0 Å². The summed E-state index contributed by atoms with van der Waals surface area (Å²) in [7, 11) is 0. The Kier molecular flexibility index (Phi) is 41.0. The zero-order valence-corrected chi connectivity index (χ0v) is 31.9. The normalized spacial score (nSPS) is 12.3. The van der Waals surface area contributed by atoms with Gasteiger partial charge in [-0.15, -0.1) is 0 Å². The first-order valence-electron chi connectivity index (χ1n) is 21.8. The molecule has 1 atom stereocenters. The Balaban J connectivity index is 3.11. The Hall–Kier alpha value is 0. The standard InChI is InChI=1S/C44H90/c1-4-6-8-10-12-14-16-17-18-19-20-21-22-23-24-25-26-27-28-29-30-31-32-33-35-37-39-41-43-44(3)42-40-38-36-34-15-13-11-9-7-5-2/h44H,4-43H2,1-3H3. The van der Waals surface area contributed by atoms with E-state index >= 15 is 0 Å². The van der Waals surface area contributed by atoms with Gasteiger partial charge in [0.25, 0.3) is 0 Å². The van der Waals surface area contributed by atoms with E-state index in [4.69, 9.17) is 0 Å². The summed E-state index contributed by atoms with van der Waals surface area (Å²) in [6.07, 6.45) is 59.2. The van der Waals surface area contributed by atoms with Gasteiger partial charge in [0.2, 0.25) is 0 Å². The van der Waals surface area contributed by atoms with Gasteiger partial charge in [0.15, 0.2) is 0 Å². The third-order valence-electron chi connectivity index (χ3n) is 10.6. The highest BCUT2D eigenvalue weighted by atomic mass is 14.1. The molecule has 0 aliphatic rings. The minimum absolute atomic E-state index is 0.966. The van der Waals surface area contributed by atoms with Crippen molar-refractivity contribution in [1.82, 2.24) is 0 Å². The molecule has 0 nitrogen and oxygen atoms in total. The number of hydrogen-bond donors (Lipinski definition) is 0. The lowest BCUT2D eigenvalue weighted by Crippen LogP contribution is -1.95. The Morgan fingerprint density at radius 1 is 0.205 bits per heavy atom. The maximum Gasteiger partial charge on any atom is -0.0443 e. The first kappa shape index (κ1) is 44.0. The van der Waals surface area contributed by atoms with Crippen LogP contribution in [0.3, 0.4) is 0 Å². The molecule has 0 fully saturated rings. The van der Waals surface area contributed by atoms with E-state index in [0.29, 0.717) is 0 Å². The second-order valence-electron chi connectivity index (χ2n) is 15.4. The lowest BCUT2D eigenvalue weighted by molar-refractivity contribution is 0.429. The fourth-order valence-corrected chi connectivity index (χ4v) is 7.29. The van der Waals surface area contributed by atoms with Crippen molar-refractivity contribution >= 4 is 0 Å². The molecule has 0 aromatic rings. The smallest absolute Gasteiger partial charge is 0.0443 e. The zero-order valence-electron chi connectivity index (χ0n) is 31.9. The molecule has 0 saturated carbocycles. The van der Waals surface area contributed by atoms with E-state index in [-0.39, 0.29) is 0 Å². The molecule has 0 heteroatoms. The lowest BCUT2D eigenvalue weighted by Gasteiger charge is -2.11. The van der Waals surface area contributed by atoms with Gasteiger partial charge in [-0.2, -0.15) is 0 Å². The van der Waals surface area contributed by atoms with E-state index < -0.39 is 0 Å². The van der Waals surface area contributed by atoms with Crippen molar-refractivity contribution in [1.29, 1.82) is 0 Å². The average Bonchev–Trinajstić information content (AvgIpc) is 3.03. The second kappa shape index (κ2) is 41.0. The van der Waals surface area contributed by atoms with Crippen LogP contribution in [0.5, 0.6) is 0 Å². The van der Waals surface area contributed by atoms with E-state index in [0.717, 1.165) is 5.92 Å². The predicted octanol–water partition coefficient (Wildman–Crippen LogP) is 17.3. The van der Waals surface area contributed by atoms with Crippen LogP contribution in [0, 0.1) is 5.92 Å². The minimum atomic E-state index is 0.966. The highest BCUT2D eigenvalue weighted by Crippen LogP contribution is 2.20. The largest absolute Gasteiger partial charge is 0.0654 e. The minimum Gasteiger partial charge on any atom is -0.0654 e. The summed E-state index contributed by atoms with van der Waals surface area (Å²) >= 11 is 0. The molecule has 266 valence electrons. The van der Waals surface area contributed by atoms with Gasteiger partial charge in [0, 0.05) is 0 Å². The quantitative estimate of drug-likeness (QED) is 0.0599. The van der Waals surface area contributed by atoms with Gasteiger partial charge < -0.3 is 0 Å². The molecule has 0 aromatic heterocycles. The van der Waals surface area contributed by atoms with Crippen LogP contribution >= 0.6 is 0 Å². The molecule has 0 spiro atoms. The van der Waals surface area contributed by atoms with Crippen molar-refractivity contribution in [3.63, 3.8) is 0 Å². The molecule has 0 saturated heterocycles. The molecule has 1 unspecified atom stereocenters. The molecular weight excluding hydrogens is 528 g/mol. The van der Waals surface area contributed by atoms with Crippen molar-refractivity contribution < 1.29 is 0 Å². The number of hydrogen-bond acceptors (Lipinski definition) is 0. The third-order valence-corrected chi connectivity index (χ3v) is 10.6. The van der Waals surface area contributed by atoms with Crippen LogP contribution in [-0.4, -0.2) is 0 Å². The lowest BCUT2D eigenvalue weighted by atomic mass is 9.95. The fourth-order valence-electron chi connectivity index (χ4n) is 7.29. The van der Waals surface area contributed by atoms with Crippen molar-refractivity contribution in [3.8, 4) is 0 Å². The SMILES string of the molecule is CCCCCCCCCCCCCCCCCCCCCCCCCCCCCCC(C)CCCCCCCCCCCC. The number of rotatable bonds is 40. The predicted molar refractivity (Wildman–Crippen MR) is 205 cm³/mol. The summed E-state index contributed by atoms with van der Waals surface area (Å²) in [5.74, 6) is 0.966. The van der Waals surface area contributed by atoms with Crippen LogP contribution < -0.4 is 0 Å². The Morgan fingerprint density at radius 2 is 0.341 bits per heavy atom. The van der Waals surface area contributed by atoms with Gasteiger partial charge in [0.1, 0.15) is 0 Å². The molecule has 0 aliphatic heterocycles. The Morgan fingerprint density at radius 3 is 0.500 bits per heavy atom. The summed E-state index contributed by atoms with van der Waals surface area (Å²) in [5, 5.41) is 0. The van der Waals surface area contributed by atoms with Crippen molar-refractivity contribution in [2.45, 2.75) is 278 Å². The maximum atomic E-state index is 2.51. The molecule has 0 amide bonds. The van der Waals surface area contributed by atoms with Gasteiger partial charge in [-0.1, -0.05) is 278 Å². The van der Waals surface area contributed by atoms with Gasteiger partial charge in [-0.3, -0.25) is 0 Å². The maximum absolute atomic E-state index is 2.51. The fraction of sp³-hybridized carbons (Fsp3) is 1.00. The van der Waals surface area contributed by atoms with Crippen LogP contribution in [-0.2, 0) is 0 Å². The van der Waals surface area contributed by atoms with E-state index in [1.165, 1.54) is 257 Å². The second-order valence-corrected chi connectivity index (χ2v) is 15.4. The summed E-state index contributed by atoms with van der Waals surface area (Å²) < 4.78 is 0. The van der Waals surface area contributed by atoms with Crippen molar-refractivity contribution in [2.24, 2.45) is 5.92 Å². The monoisotopic (exact) mass is 619 g/mol. The summed E-state index contributed by atoms with van der Waals surface area (Å²) in [4.78, 5) is 0. The Bertz CT molecular complexity index is 467.